The molecule has 1 aliphatic heterocycles. The third-order valence-corrected chi connectivity index (χ3v) is 6.91. The lowest BCUT2D eigenvalue weighted by Crippen LogP contribution is -2.54. The minimum Gasteiger partial charge on any atom is -0.497 e. The number of benzene rings is 1. The quantitative estimate of drug-likeness (QED) is 0.297. The van der Waals surface area contributed by atoms with Crippen LogP contribution in [0, 0.1) is 0 Å². The van der Waals surface area contributed by atoms with Crippen LogP contribution in [0.5, 0.6) is 11.5 Å². The summed E-state index contributed by atoms with van der Waals surface area (Å²) in [5.41, 5.74) is 0.702. The average Bonchev–Trinajstić information content (AvgIpc) is 3.36. The van der Waals surface area contributed by atoms with Gasteiger partial charge in [-0.15, -0.1) is 0 Å². The van der Waals surface area contributed by atoms with Crippen LogP contribution in [0.25, 0.3) is 16.7 Å². The molecule has 1 saturated carbocycles. The number of methoxy groups -OCH3 is 1. The summed E-state index contributed by atoms with van der Waals surface area (Å²) >= 11 is 0. The van der Waals surface area contributed by atoms with Crippen LogP contribution in [0.2, 0.25) is 0 Å². The normalized spacial score (nSPS) is 20.6. The number of aromatic nitrogens is 3. The minimum absolute atomic E-state index is 0.142. The fourth-order valence-electron chi connectivity index (χ4n) is 4.68. The first-order valence-electron chi connectivity index (χ1n) is 13.1. The van der Waals surface area contributed by atoms with E-state index < -0.39 is 24.1 Å². The number of hydrogen-bond acceptors (Lipinski definition) is 8. The summed E-state index contributed by atoms with van der Waals surface area (Å²) in [5.74, 6) is 1.23. The van der Waals surface area contributed by atoms with Crippen LogP contribution in [0.15, 0.2) is 42.7 Å². The van der Waals surface area contributed by atoms with Crippen LogP contribution < -0.4 is 25.4 Å². The van der Waals surface area contributed by atoms with Crippen molar-refractivity contribution in [2.24, 2.45) is 0 Å². The molecule has 1 aromatic carbocycles. The van der Waals surface area contributed by atoms with Gasteiger partial charge in [-0.2, -0.15) is 5.10 Å². The molecule has 11 heteroatoms. The molecule has 3 aromatic rings. The Balaban J connectivity index is 1.27. The molecule has 11 nitrogen and oxygen atoms in total. The molecule has 0 unspecified atom stereocenters. The van der Waals surface area contributed by atoms with Gasteiger partial charge < -0.3 is 30.5 Å². The van der Waals surface area contributed by atoms with Gasteiger partial charge in [0.2, 0.25) is 5.91 Å². The number of hydrogen-bond donors (Lipinski definition) is 4. The topological polar surface area (TPSA) is 140 Å². The largest absolute Gasteiger partial charge is 0.497 e. The van der Waals surface area contributed by atoms with Crippen molar-refractivity contribution in [2.75, 3.05) is 13.7 Å². The summed E-state index contributed by atoms with van der Waals surface area (Å²) in [6.07, 6.45) is 5.46. The van der Waals surface area contributed by atoms with E-state index in [1.807, 2.05) is 43.5 Å². The number of nitrogens with zero attached hydrogens (tertiary/aromatic N) is 3. The standard InChI is InChI=1S/C27H34N6O5/c1-3-5-20(25(34)27(36)30-16-6-7-16)32-26(35)22-13-18(15-28-22)38-23-14-24(33-11-4-10-29-33)31-21-12-17(37-2)8-9-19(21)23/h4,8-12,14,16,18,20,22,25,28,34H,3,5-7,13,15H2,1-2H3,(H,30,36)(H,32,35)/t18-,20+,22+,25+/m1/s1. The maximum atomic E-state index is 13.1. The number of rotatable bonds is 11. The maximum absolute atomic E-state index is 13.1. The molecule has 4 atom stereocenters. The van der Waals surface area contributed by atoms with Crippen molar-refractivity contribution in [1.29, 1.82) is 0 Å². The molecule has 4 N–H and O–H groups in total. The molecule has 2 amide bonds. The van der Waals surface area contributed by atoms with Gasteiger partial charge in [-0.25, -0.2) is 9.67 Å². The van der Waals surface area contributed by atoms with Crippen molar-refractivity contribution in [3.8, 4) is 17.3 Å². The Labute approximate surface area is 220 Å². The van der Waals surface area contributed by atoms with Crippen molar-refractivity contribution in [2.45, 2.75) is 69.4 Å². The Morgan fingerprint density at radius 3 is 2.84 bits per heavy atom. The second kappa shape index (κ2) is 11.4. The van der Waals surface area contributed by atoms with E-state index in [-0.39, 0.29) is 18.1 Å². The third-order valence-electron chi connectivity index (χ3n) is 6.91. The smallest absolute Gasteiger partial charge is 0.251 e. The first-order chi connectivity index (χ1) is 18.4. The molecular formula is C27H34N6O5. The Hall–Kier alpha value is -3.70. The molecule has 3 heterocycles. The molecule has 2 aromatic heterocycles. The second-order valence-corrected chi connectivity index (χ2v) is 9.88. The number of pyridine rings is 1. The highest BCUT2D eigenvalue weighted by Crippen LogP contribution is 2.31. The molecule has 1 saturated heterocycles. The van der Waals surface area contributed by atoms with E-state index in [0.29, 0.717) is 42.2 Å². The van der Waals surface area contributed by atoms with Gasteiger partial charge >= 0.3 is 0 Å². The number of carbonyl (C=O) groups excluding carboxylic acids is 2. The van der Waals surface area contributed by atoms with Crippen LogP contribution in [0.4, 0.5) is 0 Å². The predicted molar refractivity (Wildman–Crippen MR) is 140 cm³/mol. The van der Waals surface area contributed by atoms with Crippen molar-refractivity contribution in [3.63, 3.8) is 0 Å². The zero-order valence-electron chi connectivity index (χ0n) is 21.6. The molecular weight excluding hydrogens is 488 g/mol. The number of nitrogens with one attached hydrogen (secondary N) is 3. The van der Waals surface area contributed by atoms with Crippen LogP contribution in [-0.2, 0) is 9.59 Å². The second-order valence-electron chi connectivity index (χ2n) is 9.88. The lowest BCUT2D eigenvalue weighted by Gasteiger charge is -2.24. The van der Waals surface area contributed by atoms with Crippen molar-refractivity contribution in [3.05, 3.63) is 42.7 Å². The summed E-state index contributed by atoms with van der Waals surface area (Å²) < 4.78 is 13.4. The van der Waals surface area contributed by atoms with Crippen molar-refractivity contribution in [1.82, 2.24) is 30.7 Å². The highest BCUT2D eigenvalue weighted by molar-refractivity contribution is 5.88. The summed E-state index contributed by atoms with van der Waals surface area (Å²) in [6, 6.07) is 8.24. The summed E-state index contributed by atoms with van der Waals surface area (Å²) in [5, 5.41) is 24.6. The molecule has 5 rings (SSSR count). The van der Waals surface area contributed by atoms with E-state index in [9.17, 15) is 14.7 Å². The van der Waals surface area contributed by atoms with Gasteiger partial charge in [0.05, 0.1) is 24.7 Å². The van der Waals surface area contributed by atoms with E-state index >= 15 is 0 Å². The van der Waals surface area contributed by atoms with Gasteiger partial charge in [-0.05, 0) is 37.5 Å². The zero-order chi connectivity index (χ0) is 26.6. The summed E-state index contributed by atoms with van der Waals surface area (Å²) in [4.78, 5) is 30.1. The number of fused-ring (bicyclic) bond motifs is 1. The van der Waals surface area contributed by atoms with Crippen LogP contribution in [0.1, 0.15) is 39.0 Å². The molecule has 2 aliphatic rings. The molecule has 1 aliphatic carbocycles. The molecule has 0 radical (unpaired) electrons. The lowest BCUT2D eigenvalue weighted by atomic mass is 10.0. The Morgan fingerprint density at radius 2 is 2.13 bits per heavy atom. The number of aliphatic hydroxyl groups excluding tert-OH is 1. The Bertz CT molecular complexity index is 1280. The highest BCUT2D eigenvalue weighted by atomic mass is 16.5. The molecule has 0 spiro atoms. The zero-order valence-corrected chi connectivity index (χ0v) is 21.6. The monoisotopic (exact) mass is 522 g/mol. The number of aliphatic hydroxyl groups is 1. The van der Waals surface area contributed by atoms with Crippen LogP contribution in [-0.4, -0.2) is 75.7 Å². The van der Waals surface area contributed by atoms with Gasteiger partial charge in [-0.1, -0.05) is 13.3 Å². The average molecular weight is 523 g/mol. The number of ether oxygens (including phenoxy) is 2. The predicted octanol–water partition coefficient (Wildman–Crippen LogP) is 1.46. The van der Waals surface area contributed by atoms with E-state index in [1.165, 1.54) is 0 Å². The molecule has 2 fully saturated rings. The molecule has 38 heavy (non-hydrogen) atoms. The van der Waals surface area contributed by atoms with Crippen LogP contribution >= 0.6 is 0 Å². The first-order valence-corrected chi connectivity index (χ1v) is 13.1. The Morgan fingerprint density at radius 1 is 1.29 bits per heavy atom. The fourth-order valence-corrected chi connectivity index (χ4v) is 4.68. The molecule has 202 valence electrons. The number of amides is 2. The van der Waals surface area contributed by atoms with Gasteiger partial charge in [0.15, 0.2) is 11.9 Å². The van der Waals surface area contributed by atoms with E-state index in [4.69, 9.17) is 14.5 Å². The molecule has 0 bridgehead atoms. The fraction of sp³-hybridized carbons (Fsp3) is 0.481. The van der Waals surface area contributed by atoms with Gasteiger partial charge in [-0.3, -0.25) is 9.59 Å². The van der Waals surface area contributed by atoms with Gasteiger partial charge in [0, 0.05) is 48.9 Å². The Kier molecular flexibility index (Phi) is 7.75. The van der Waals surface area contributed by atoms with Crippen molar-refractivity contribution < 1.29 is 24.2 Å². The minimum atomic E-state index is -1.28. The highest BCUT2D eigenvalue weighted by Gasteiger charge is 2.35. The summed E-state index contributed by atoms with van der Waals surface area (Å²) in [6.45, 7) is 2.42. The van der Waals surface area contributed by atoms with E-state index in [0.717, 1.165) is 24.6 Å². The third kappa shape index (κ3) is 5.89. The maximum Gasteiger partial charge on any atom is 0.251 e. The summed E-state index contributed by atoms with van der Waals surface area (Å²) in [7, 11) is 1.61. The van der Waals surface area contributed by atoms with Crippen molar-refractivity contribution >= 4 is 22.7 Å². The number of carbonyl (C=O) groups is 2. The van der Waals surface area contributed by atoms with Crippen LogP contribution in [0.3, 0.4) is 0 Å². The van der Waals surface area contributed by atoms with Gasteiger partial charge in [0.25, 0.3) is 5.91 Å². The van der Waals surface area contributed by atoms with Gasteiger partial charge in [0.1, 0.15) is 17.6 Å². The SMILES string of the molecule is CCC[C@H](NC(=O)[C@@H]1C[C@@H](Oc2cc(-n3cccn3)nc3cc(OC)ccc23)CN1)[C@H](O)C(=O)NC1CC1. The lowest BCUT2D eigenvalue weighted by molar-refractivity contribution is -0.132. The van der Waals surface area contributed by atoms with E-state index in [1.54, 1.807) is 18.0 Å². The first kappa shape index (κ1) is 25.9. The van der Waals surface area contributed by atoms with E-state index in [2.05, 4.69) is 21.0 Å².